The van der Waals surface area contributed by atoms with E-state index in [0.29, 0.717) is 18.6 Å². The Morgan fingerprint density at radius 2 is 2.00 bits per heavy atom. The third-order valence-electron chi connectivity index (χ3n) is 5.10. The van der Waals surface area contributed by atoms with Crippen molar-refractivity contribution in [2.75, 3.05) is 26.2 Å². The smallest absolute Gasteiger partial charge is 0.176 e. The summed E-state index contributed by atoms with van der Waals surface area (Å²) in [6, 6.07) is 9.28. The Bertz CT molecular complexity index is 496. The molecule has 1 aromatic rings. The van der Waals surface area contributed by atoms with Crippen LogP contribution in [-0.2, 0) is 6.42 Å². The number of hydrogen-bond acceptors (Lipinski definition) is 3. The highest BCUT2D eigenvalue weighted by molar-refractivity contribution is 5.97. The van der Waals surface area contributed by atoms with Crippen LogP contribution in [0, 0.1) is 0 Å². The van der Waals surface area contributed by atoms with Crippen LogP contribution in [0.2, 0.25) is 0 Å². The summed E-state index contributed by atoms with van der Waals surface area (Å²) < 4.78 is 0. The van der Waals surface area contributed by atoms with E-state index in [9.17, 15) is 4.79 Å². The Labute approximate surface area is 127 Å². The number of rotatable bonds is 4. The van der Waals surface area contributed by atoms with Crippen molar-refractivity contribution in [3.8, 4) is 0 Å². The van der Waals surface area contributed by atoms with Crippen LogP contribution in [0.15, 0.2) is 24.3 Å². The van der Waals surface area contributed by atoms with Gasteiger partial charge in [0, 0.05) is 30.7 Å². The average molecular weight is 286 g/mol. The molecule has 0 bridgehead atoms. The highest BCUT2D eigenvalue weighted by Gasteiger charge is 2.34. The van der Waals surface area contributed by atoms with Crippen LogP contribution in [0.25, 0.3) is 0 Å². The van der Waals surface area contributed by atoms with Gasteiger partial charge in [0.25, 0.3) is 0 Å². The van der Waals surface area contributed by atoms with Crippen LogP contribution >= 0.6 is 0 Å². The van der Waals surface area contributed by atoms with Crippen molar-refractivity contribution in [2.45, 2.75) is 45.2 Å². The Balaban J connectivity index is 1.63. The summed E-state index contributed by atoms with van der Waals surface area (Å²) in [7, 11) is 0. The highest BCUT2D eigenvalue weighted by atomic mass is 16.1. The Morgan fingerprint density at radius 3 is 2.71 bits per heavy atom. The second-order valence-electron chi connectivity index (χ2n) is 6.54. The van der Waals surface area contributed by atoms with Crippen LogP contribution in [0.5, 0.6) is 0 Å². The van der Waals surface area contributed by atoms with E-state index in [1.165, 1.54) is 24.9 Å². The van der Waals surface area contributed by atoms with Gasteiger partial charge in [-0.05, 0) is 38.3 Å². The van der Waals surface area contributed by atoms with Crippen LogP contribution in [0.3, 0.4) is 0 Å². The standard InChI is InChI=1S/C18H26N2O/c1-3-15-6-8-16(9-7-15)18(21)13-20-12-17-5-4-10-19(17)11-14(20)2/h6-9,14,17H,3-5,10-13H2,1-2H3. The number of piperazine rings is 1. The van der Waals surface area contributed by atoms with E-state index in [4.69, 9.17) is 0 Å². The molecule has 0 N–H and O–H groups in total. The first kappa shape index (κ1) is 14.7. The quantitative estimate of drug-likeness (QED) is 0.795. The van der Waals surface area contributed by atoms with Gasteiger partial charge >= 0.3 is 0 Å². The lowest BCUT2D eigenvalue weighted by molar-refractivity contribution is 0.0535. The molecular formula is C18H26N2O. The predicted octanol–water partition coefficient (Wildman–Crippen LogP) is 2.60. The normalized spacial score (nSPS) is 26.8. The topological polar surface area (TPSA) is 23.6 Å². The van der Waals surface area contributed by atoms with Gasteiger partial charge in [0.2, 0.25) is 0 Å². The molecule has 3 heteroatoms. The number of fused-ring (bicyclic) bond motifs is 1. The van der Waals surface area contributed by atoms with Crippen LogP contribution in [0.4, 0.5) is 0 Å². The van der Waals surface area contributed by atoms with E-state index in [0.717, 1.165) is 25.1 Å². The molecule has 2 aliphatic rings. The molecule has 2 fully saturated rings. The van der Waals surface area contributed by atoms with Gasteiger partial charge in [-0.25, -0.2) is 0 Å². The molecule has 2 unspecified atom stereocenters. The van der Waals surface area contributed by atoms with Gasteiger partial charge in [-0.1, -0.05) is 31.2 Å². The van der Waals surface area contributed by atoms with E-state index in [-0.39, 0.29) is 5.78 Å². The predicted molar refractivity (Wildman–Crippen MR) is 85.8 cm³/mol. The number of carbonyl (C=O) groups is 1. The van der Waals surface area contributed by atoms with Gasteiger partial charge in [-0.3, -0.25) is 14.6 Å². The maximum absolute atomic E-state index is 12.5. The molecule has 1 aromatic carbocycles. The van der Waals surface area contributed by atoms with Crippen LogP contribution in [0.1, 0.15) is 42.6 Å². The molecule has 21 heavy (non-hydrogen) atoms. The minimum Gasteiger partial charge on any atom is -0.298 e. The first-order chi connectivity index (χ1) is 10.2. The summed E-state index contributed by atoms with van der Waals surface area (Å²) in [5, 5.41) is 0. The monoisotopic (exact) mass is 286 g/mol. The second kappa shape index (κ2) is 6.29. The third kappa shape index (κ3) is 3.19. The van der Waals surface area contributed by atoms with E-state index in [1.807, 2.05) is 12.1 Å². The van der Waals surface area contributed by atoms with Crippen molar-refractivity contribution >= 4 is 5.78 Å². The zero-order valence-electron chi connectivity index (χ0n) is 13.2. The summed E-state index contributed by atoms with van der Waals surface area (Å²) in [6.07, 6.45) is 3.63. The molecule has 2 aliphatic heterocycles. The second-order valence-corrected chi connectivity index (χ2v) is 6.54. The molecule has 0 aliphatic carbocycles. The lowest BCUT2D eigenvalue weighted by Gasteiger charge is -2.42. The maximum Gasteiger partial charge on any atom is 0.176 e. The van der Waals surface area contributed by atoms with E-state index >= 15 is 0 Å². The zero-order valence-corrected chi connectivity index (χ0v) is 13.2. The van der Waals surface area contributed by atoms with Gasteiger partial charge in [-0.2, -0.15) is 0 Å². The van der Waals surface area contributed by atoms with Crippen molar-refractivity contribution < 1.29 is 4.79 Å². The molecule has 0 radical (unpaired) electrons. The number of nitrogens with zero attached hydrogens (tertiary/aromatic N) is 2. The molecule has 3 rings (SSSR count). The lowest BCUT2D eigenvalue weighted by Crippen LogP contribution is -2.55. The summed E-state index contributed by atoms with van der Waals surface area (Å²) in [4.78, 5) is 17.5. The fourth-order valence-corrected chi connectivity index (χ4v) is 3.67. The van der Waals surface area contributed by atoms with Gasteiger partial charge in [0.1, 0.15) is 0 Å². The van der Waals surface area contributed by atoms with E-state index < -0.39 is 0 Å². The number of benzene rings is 1. The third-order valence-corrected chi connectivity index (χ3v) is 5.10. The summed E-state index contributed by atoms with van der Waals surface area (Å²) in [6.45, 7) is 8.38. The number of carbonyl (C=O) groups excluding carboxylic acids is 1. The summed E-state index contributed by atoms with van der Waals surface area (Å²) in [5.74, 6) is 0.260. The van der Waals surface area contributed by atoms with E-state index in [2.05, 4.69) is 35.8 Å². The Kier molecular flexibility index (Phi) is 4.41. The van der Waals surface area contributed by atoms with Gasteiger partial charge in [0.15, 0.2) is 5.78 Å². The van der Waals surface area contributed by atoms with E-state index in [1.54, 1.807) is 0 Å². The fraction of sp³-hybridized carbons (Fsp3) is 0.611. The largest absolute Gasteiger partial charge is 0.298 e. The summed E-state index contributed by atoms with van der Waals surface area (Å²) >= 11 is 0. The number of hydrogen-bond donors (Lipinski definition) is 0. The Hall–Kier alpha value is -1.19. The van der Waals surface area contributed by atoms with Crippen molar-refractivity contribution in [3.05, 3.63) is 35.4 Å². The number of ketones is 1. The summed E-state index contributed by atoms with van der Waals surface area (Å²) in [5.41, 5.74) is 2.15. The molecule has 2 saturated heterocycles. The first-order valence-electron chi connectivity index (χ1n) is 8.27. The van der Waals surface area contributed by atoms with Crippen LogP contribution < -0.4 is 0 Å². The van der Waals surface area contributed by atoms with Crippen molar-refractivity contribution in [1.82, 2.24) is 9.80 Å². The molecule has 2 atom stereocenters. The molecule has 0 aromatic heterocycles. The van der Waals surface area contributed by atoms with Gasteiger partial charge in [-0.15, -0.1) is 0 Å². The van der Waals surface area contributed by atoms with Crippen molar-refractivity contribution in [3.63, 3.8) is 0 Å². The molecular weight excluding hydrogens is 260 g/mol. The molecule has 3 nitrogen and oxygen atoms in total. The fourth-order valence-electron chi connectivity index (χ4n) is 3.67. The molecule has 2 heterocycles. The number of aryl methyl sites for hydroxylation is 1. The first-order valence-corrected chi connectivity index (χ1v) is 8.27. The van der Waals surface area contributed by atoms with Crippen LogP contribution in [-0.4, -0.2) is 53.8 Å². The SMILES string of the molecule is CCc1ccc(C(=O)CN2CC3CCCN3CC2C)cc1. The van der Waals surface area contributed by atoms with Crippen molar-refractivity contribution in [2.24, 2.45) is 0 Å². The minimum atomic E-state index is 0.260. The average Bonchev–Trinajstić information content (AvgIpc) is 2.94. The lowest BCUT2D eigenvalue weighted by atomic mass is 10.0. The van der Waals surface area contributed by atoms with Gasteiger partial charge < -0.3 is 0 Å². The molecule has 0 spiro atoms. The Morgan fingerprint density at radius 1 is 1.24 bits per heavy atom. The number of Topliss-reactive ketones (excluding diaryl/α,β-unsaturated/α-hetero) is 1. The molecule has 0 saturated carbocycles. The van der Waals surface area contributed by atoms with Gasteiger partial charge in [0.05, 0.1) is 6.54 Å². The van der Waals surface area contributed by atoms with Crippen molar-refractivity contribution in [1.29, 1.82) is 0 Å². The molecule has 114 valence electrons. The highest BCUT2D eigenvalue weighted by Crippen LogP contribution is 2.24. The molecule has 0 amide bonds. The minimum absolute atomic E-state index is 0.260. The maximum atomic E-state index is 12.5. The zero-order chi connectivity index (χ0) is 14.8.